The summed E-state index contributed by atoms with van der Waals surface area (Å²) in [5, 5.41) is 7.48. The van der Waals surface area contributed by atoms with E-state index >= 15 is 0 Å². The van der Waals surface area contributed by atoms with Crippen LogP contribution in [0, 0.1) is 0 Å². The van der Waals surface area contributed by atoms with Gasteiger partial charge in [-0.2, -0.15) is 5.10 Å². The minimum absolute atomic E-state index is 0.103. The fourth-order valence-corrected chi connectivity index (χ4v) is 2.12. The van der Waals surface area contributed by atoms with Crippen LogP contribution < -0.4 is 10.2 Å². The number of anilines is 1. The van der Waals surface area contributed by atoms with Crippen molar-refractivity contribution in [2.75, 3.05) is 11.9 Å². The number of nitrogens with zero attached hydrogens (tertiary/aromatic N) is 3. The molecule has 0 radical (unpaired) electrons. The molecule has 5 heteroatoms. The van der Waals surface area contributed by atoms with Crippen molar-refractivity contribution in [2.45, 2.75) is 25.9 Å². The molecule has 0 spiro atoms. The number of rotatable bonds is 6. The predicted molar refractivity (Wildman–Crippen MR) is 84.0 cm³/mol. The molecule has 0 saturated heterocycles. The molecule has 1 aromatic heterocycles. The van der Waals surface area contributed by atoms with Gasteiger partial charge < -0.3 is 10.2 Å². The van der Waals surface area contributed by atoms with Crippen molar-refractivity contribution in [2.24, 2.45) is 7.05 Å². The van der Waals surface area contributed by atoms with Crippen molar-refractivity contribution in [1.29, 1.82) is 0 Å². The Balaban J connectivity index is 1.83. The highest BCUT2D eigenvalue weighted by molar-refractivity contribution is 5.93. The van der Waals surface area contributed by atoms with Crippen molar-refractivity contribution >= 4 is 11.6 Å². The van der Waals surface area contributed by atoms with Gasteiger partial charge in [0.2, 0.25) is 5.91 Å². The van der Waals surface area contributed by atoms with E-state index in [1.54, 1.807) is 11.1 Å². The number of benzene rings is 1. The van der Waals surface area contributed by atoms with E-state index in [-0.39, 0.29) is 11.9 Å². The van der Waals surface area contributed by atoms with Crippen LogP contribution in [0.5, 0.6) is 0 Å². The topological polar surface area (TPSA) is 50.2 Å². The Bertz CT molecular complexity index is 579. The Hall–Kier alpha value is -2.14. The van der Waals surface area contributed by atoms with E-state index in [0.717, 1.165) is 11.4 Å². The van der Waals surface area contributed by atoms with Gasteiger partial charge in [-0.05, 0) is 25.1 Å². The van der Waals surface area contributed by atoms with E-state index in [2.05, 4.69) is 10.4 Å². The van der Waals surface area contributed by atoms with Gasteiger partial charge in [-0.1, -0.05) is 18.2 Å². The second-order valence-corrected chi connectivity index (χ2v) is 5.22. The first-order chi connectivity index (χ1) is 10.1. The summed E-state index contributed by atoms with van der Waals surface area (Å²) in [5.74, 6) is 0.103. The molecule has 2 rings (SSSR count). The molecule has 21 heavy (non-hydrogen) atoms. The molecule has 1 N–H and O–H groups in total. The number of hydrogen-bond donors (Lipinski definition) is 1. The SMILES string of the molecule is C[C@H](CC(=O)N(C)c1ccccc1)NCc1ccnn1C. The third-order valence-corrected chi connectivity index (χ3v) is 3.55. The Morgan fingerprint density at radius 3 is 2.67 bits per heavy atom. The lowest BCUT2D eigenvalue weighted by molar-refractivity contribution is -0.118. The zero-order chi connectivity index (χ0) is 15.2. The molecule has 2 aromatic rings. The smallest absolute Gasteiger partial charge is 0.228 e. The normalized spacial score (nSPS) is 12.1. The molecule has 0 aliphatic rings. The fourth-order valence-electron chi connectivity index (χ4n) is 2.12. The number of carbonyl (C=O) groups excluding carboxylic acids is 1. The first-order valence-electron chi connectivity index (χ1n) is 7.10. The number of nitrogens with one attached hydrogen (secondary N) is 1. The van der Waals surface area contributed by atoms with Crippen LogP contribution in [0.3, 0.4) is 0 Å². The zero-order valence-corrected chi connectivity index (χ0v) is 12.8. The van der Waals surface area contributed by atoms with Crippen molar-refractivity contribution in [3.05, 3.63) is 48.3 Å². The highest BCUT2D eigenvalue weighted by Gasteiger charge is 2.14. The van der Waals surface area contributed by atoms with Gasteiger partial charge in [-0.15, -0.1) is 0 Å². The van der Waals surface area contributed by atoms with E-state index in [4.69, 9.17) is 0 Å². The largest absolute Gasteiger partial charge is 0.315 e. The molecule has 0 saturated carbocycles. The summed E-state index contributed by atoms with van der Waals surface area (Å²) < 4.78 is 1.83. The van der Waals surface area contributed by atoms with Gasteiger partial charge in [0.25, 0.3) is 0 Å². The van der Waals surface area contributed by atoms with Crippen molar-refractivity contribution in [1.82, 2.24) is 15.1 Å². The van der Waals surface area contributed by atoms with Crippen LogP contribution in [0.2, 0.25) is 0 Å². The third-order valence-electron chi connectivity index (χ3n) is 3.55. The van der Waals surface area contributed by atoms with Crippen LogP contribution in [0.1, 0.15) is 19.0 Å². The van der Waals surface area contributed by atoms with E-state index in [9.17, 15) is 4.79 Å². The molecule has 0 fully saturated rings. The molecular formula is C16H22N4O. The molecule has 112 valence electrons. The lowest BCUT2D eigenvalue weighted by Crippen LogP contribution is -2.35. The molecule has 1 aromatic carbocycles. The van der Waals surface area contributed by atoms with Crippen LogP contribution in [0.15, 0.2) is 42.6 Å². The van der Waals surface area contributed by atoms with Gasteiger partial charge >= 0.3 is 0 Å². The maximum absolute atomic E-state index is 12.3. The standard InChI is InChI=1S/C16H22N4O/c1-13(17-12-15-9-10-18-20(15)3)11-16(21)19(2)14-7-5-4-6-8-14/h4-10,13,17H,11-12H2,1-3H3/t13-/m1/s1. The van der Waals surface area contributed by atoms with E-state index in [1.165, 1.54) is 0 Å². The Kier molecular flexibility index (Phi) is 5.11. The second-order valence-electron chi connectivity index (χ2n) is 5.22. The maximum atomic E-state index is 12.3. The first kappa shape index (κ1) is 15.3. The van der Waals surface area contributed by atoms with Crippen molar-refractivity contribution < 1.29 is 4.79 Å². The van der Waals surface area contributed by atoms with Crippen molar-refractivity contribution in [3.8, 4) is 0 Å². The molecule has 0 aliphatic heterocycles. The number of aromatic nitrogens is 2. The van der Waals surface area contributed by atoms with E-state index in [0.29, 0.717) is 13.0 Å². The number of aryl methyl sites for hydroxylation is 1. The van der Waals surface area contributed by atoms with Crippen molar-refractivity contribution in [3.63, 3.8) is 0 Å². The molecule has 0 unspecified atom stereocenters. The van der Waals surface area contributed by atoms with Gasteiger partial charge in [0, 0.05) is 45.0 Å². The highest BCUT2D eigenvalue weighted by atomic mass is 16.2. The van der Waals surface area contributed by atoms with Gasteiger partial charge in [0.1, 0.15) is 0 Å². The Labute approximate surface area is 125 Å². The predicted octanol–water partition coefficient (Wildman–Crippen LogP) is 1.95. The van der Waals surface area contributed by atoms with Crippen LogP contribution in [0.4, 0.5) is 5.69 Å². The zero-order valence-electron chi connectivity index (χ0n) is 12.8. The molecule has 1 heterocycles. The summed E-state index contributed by atoms with van der Waals surface area (Å²) in [5.41, 5.74) is 2.02. The molecule has 1 atom stereocenters. The maximum Gasteiger partial charge on any atom is 0.228 e. The minimum Gasteiger partial charge on any atom is -0.315 e. The average molecular weight is 286 g/mol. The Morgan fingerprint density at radius 1 is 1.33 bits per heavy atom. The summed E-state index contributed by atoms with van der Waals surface area (Å²) in [7, 11) is 3.72. The van der Waals surface area contributed by atoms with Gasteiger partial charge in [0.15, 0.2) is 0 Å². The van der Waals surface area contributed by atoms with Gasteiger partial charge in [-0.25, -0.2) is 0 Å². The first-order valence-corrected chi connectivity index (χ1v) is 7.10. The number of carbonyl (C=O) groups is 1. The quantitative estimate of drug-likeness (QED) is 0.883. The van der Waals surface area contributed by atoms with Gasteiger partial charge in [0.05, 0.1) is 5.69 Å². The Morgan fingerprint density at radius 2 is 2.05 bits per heavy atom. The number of amides is 1. The van der Waals surface area contributed by atoms with Crippen LogP contribution in [0.25, 0.3) is 0 Å². The lowest BCUT2D eigenvalue weighted by Gasteiger charge is -2.20. The molecule has 0 bridgehead atoms. The molecular weight excluding hydrogens is 264 g/mol. The second kappa shape index (κ2) is 7.04. The third kappa shape index (κ3) is 4.16. The molecule has 1 amide bonds. The average Bonchev–Trinajstić information content (AvgIpc) is 2.90. The summed E-state index contributed by atoms with van der Waals surface area (Å²) >= 11 is 0. The van der Waals surface area contributed by atoms with Crippen LogP contribution in [-0.2, 0) is 18.4 Å². The van der Waals surface area contributed by atoms with E-state index in [1.807, 2.05) is 62.1 Å². The minimum atomic E-state index is 0.103. The monoisotopic (exact) mass is 286 g/mol. The van der Waals surface area contributed by atoms with Crippen LogP contribution >= 0.6 is 0 Å². The van der Waals surface area contributed by atoms with Gasteiger partial charge in [-0.3, -0.25) is 9.48 Å². The van der Waals surface area contributed by atoms with Crippen LogP contribution in [-0.4, -0.2) is 28.8 Å². The number of para-hydroxylation sites is 1. The molecule has 0 aliphatic carbocycles. The molecule has 5 nitrogen and oxygen atoms in total. The van der Waals surface area contributed by atoms with E-state index < -0.39 is 0 Å². The lowest BCUT2D eigenvalue weighted by atomic mass is 10.2. The fraction of sp³-hybridized carbons (Fsp3) is 0.375. The summed E-state index contributed by atoms with van der Waals surface area (Å²) in [6.07, 6.45) is 2.24. The summed E-state index contributed by atoms with van der Waals surface area (Å²) in [6, 6.07) is 11.8. The number of hydrogen-bond acceptors (Lipinski definition) is 3. The summed E-state index contributed by atoms with van der Waals surface area (Å²) in [6.45, 7) is 2.73. The highest BCUT2D eigenvalue weighted by Crippen LogP contribution is 2.12. The summed E-state index contributed by atoms with van der Waals surface area (Å²) in [4.78, 5) is 13.9.